The fraction of sp³-hybridized carbons (Fsp3) is 0.833. The van der Waals surface area contributed by atoms with Gasteiger partial charge in [0, 0.05) is 13.2 Å². The number of hydrogen-bond acceptors (Lipinski definition) is 1. The fourth-order valence-electron chi connectivity index (χ4n) is 2.98. The molecule has 1 rings (SSSR count). The van der Waals surface area contributed by atoms with Crippen molar-refractivity contribution >= 4 is 0 Å². The molecular formula is C18H34N2. The van der Waals surface area contributed by atoms with Crippen LogP contribution in [0.2, 0.25) is 0 Å². The first kappa shape index (κ1) is 17.3. The Morgan fingerprint density at radius 1 is 0.950 bits per heavy atom. The van der Waals surface area contributed by atoms with Crippen molar-refractivity contribution in [1.82, 2.24) is 9.78 Å². The molecule has 2 nitrogen and oxygen atoms in total. The first-order valence-corrected chi connectivity index (χ1v) is 8.73. The van der Waals surface area contributed by atoms with Crippen LogP contribution < -0.4 is 0 Å². The zero-order valence-corrected chi connectivity index (χ0v) is 13.9. The molecule has 0 radical (unpaired) electrons. The molecule has 0 aliphatic carbocycles. The second-order valence-electron chi connectivity index (χ2n) is 6.29. The number of unbranched alkanes of at least 4 members (excludes halogenated alkanes) is 6. The average molecular weight is 278 g/mol. The molecule has 0 aliphatic heterocycles. The van der Waals surface area contributed by atoms with E-state index in [-0.39, 0.29) is 0 Å². The molecule has 116 valence electrons. The molecule has 20 heavy (non-hydrogen) atoms. The molecule has 1 aromatic heterocycles. The molecule has 0 aliphatic rings. The molecular weight excluding hydrogens is 244 g/mol. The predicted octanol–water partition coefficient (Wildman–Crippen LogP) is 5.52. The summed E-state index contributed by atoms with van der Waals surface area (Å²) >= 11 is 0. The molecule has 0 N–H and O–H groups in total. The minimum Gasteiger partial charge on any atom is -0.276 e. The number of hydrogen-bond donors (Lipinski definition) is 0. The van der Waals surface area contributed by atoms with E-state index in [0.29, 0.717) is 0 Å². The molecule has 0 aromatic carbocycles. The summed E-state index contributed by atoms with van der Waals surface area (Å²) in [5, 5.41) is 4.31. The lowest BCUT2D eigenvalue weighted by Crippen LogP contribution is -2.05. The van der Waals surface area contributed by atoms with Gasteiger partial charge in [0.05, 0.1) is 6.20 Å². The third-order valence-corrected chi connectivity index (χ3v) is 4.21. The topological polar surface area (TPSA) is 17.8 Å². The lowest BCUT2D eigenvalue weighted by Gasteiger charge is -2.16. The minimum atomic E-state index is 0.868. The van der Waals surface area contributed by atoms with Crippen molar-refractivity contribution in [3.05, 3.63) is 18.0 Å². The van der Waals surface area contributed by atoms with Crippen LogP contribution in [-0.4, -0.2) is 9.78 Å². The largest absolute Gasteiger partial charge is 0.276 e. The summed E-state index contributed by atoms with van der Waals surface area (Å²) in [6, 6.07) is 0. The second kappa shape index (κ2) is 10.9. The smallest absolute Gasteiger partial charge is 0.0521 e. The van der Waals surface area contributed by atoms with E-state index >= 15 is 0 Å². The van der Waals surface area contributed by atoms with Crippen molar-refractivity contribution in [3.8, 4) is 0 Å². The van der Waals surface area contributed by atoms with Gasteiger partial charge in [0.15, 0.2) is 0 Å². The monoisotopic (exact) mass is 278 g/mol. The molecule has 0 saturated heterocycles. The maximum Gasteiger partial charge on any atom is 0.0521 e. The second-order valence-corrected chi connectivity index (χ2v) is 6.29. The van der Waals surface area contributed by atoms with Crippen LogP contribution in [0.15, 0.2) is 12.4 Å². The molecule has 1 aromatic rings. The highest BCUT2D eigenvalue weighted by Gasteiger charge is 2.10. The molecule has 0 unspecified atom stereocenters. The van der Waals surface area contributed by atoms with E-state index in [1.807, 2.05) is 17.9 Å². The minimum absolute atomic E-state index is 0.868. The third-order valence-electron chi connectivity index (χ3n) is 4.21. The lowest BCUT2D eigenvalue weighted by atomic mass is 9.90. The summed E-state index contributed by atoms with van der Waals surface area (Å²) in [6.45, 7) is 4.58. The van der Waals surface area contributed by atoms with Crippen molar-refractivity contribution in [2.45, 2.75) is 84.5 Å². The maximum absolute atomic E-state index is 4.31. The van der Waals surface area contributed by atoms with Crippen molar-refractivity contribution in [2.24, 2.45) is 13.0 Å². The number of rotatable bonds is 12. The van der Waals surface area contributed by atoms with Crippen LogP contribution in [0.1, 0.15) is 83.6 Å². The molecule has 0 fully saturated rings. The zero-order chi connectivity index (χ0) is 14.6. The van der Waals surface area contributed by atoms with Gasteiger partial charge >= 0.3 is 0 Å². The SMILES string of the molecule is CCCCCCC(CCCCCC)Cc1cnn(C)c1. The Labute approximate surface area is 126 Å². The van der Waals surface area contributed by atoms with Crippen molar-refractivity contribution in [3.63, 3.8) is 0 Å². The first-order chi connectivity index (χ1) is 9.76. The van der Waals surface area contributed by atoms with Crippen molar-refractivity contribution in [2.75, 3.05) is 0 Å². The Balaban J connectivity index is 2.33. The van der Waals surface area contributed by atoms with Gasteiger partial charge in [-0.2, -0.15) is 5.10 Å². The number of aromatic nitrogens is 2. The molecule has 0 bridgehead atoms. The quantitative estimate of drug-likeness (QED) is 0.460. The van der Waals surface area contributed by atoms with Crippen LogP contribution in [0.25, 0.3) is 0 Å². The Morgan fingerprint density at radius 2 is 1.55 bits per heavy atom. The van der Waals surface area contributed by atoms with Crippen LogP contribution >= 0.6 is 0 Å². The van der Waals surface area contributed by atoms with Crippen LogP contribution in [0, 0.1) is 5.92 Å². The highest BCUT2D eigenvalue weighted by molar-refractivity contribution is 5.04. The predicted molar refractivity (Wildman–Crippen MR) is 87.9 cm³/mol. The van der Waals surface area contributed by atoms with E-state index in [9.17, 15) is 0 Å². The summed E-state index contributed by atoms with van der Waals surface area (Å²) in [6.07, 6.45) is 19.4. The number of nitrogens with zero attached hydrogens (tertiary/aromatic N) is 2. The third kappa shape index (κ3) is 7.72. The molecule has 0 atom stereocenters. The van der Waals surface area contributed by atoms with E-state index < -0.39 is 0 Å². The van der Waals surface area contributed by atoms with Gasteiger partial charge < -0.3 is 0 Å². The van der Waals surface area contributed by atoms with Gasteiger partial charge in [0.2, 0.25) is 0 Å². The molecule has 2 heteroatoms. The van der Waals surface area contributed by atoms with E-state index in [1.54, 1.807) is 0 Å². The van der Waals surface area contributed by atoms with E-state index in [1.165, 1.54) is 76.2 Å². The van der Waals surface area contributed by atoms with Crippen LogP contribution in [-0.2, 0) is 13.5 Å². The van der Waals surface area contributed by atoms with E-state index in [4.69, 9.17) is 0 Å². The zero-order valence-electron chi connectivity index (χ0n) is 13.9. The summed E-state index contributed by atoms with van der Waals surface area (Å²) in [5.41, 5.74) is 1.42. The van der Waals surface area contributed by atoms with Gasteiger partial charge in [-0.15, -0.1) is 0 Å². The van der Waals surface area contributed by atoms with Crippen LogP contribution in [0.4, 0.5) is 0 Å². The van der Waals surface area contributed by atoms with Gasteiger partial charge in [-0.3, -0.25) is 4.68 Å². The average Bonchev–Trinajstić information content (AvgIpc) is 2.84. The van der Waals surface area contributed by atoms with Gasteiger partial charge in [0.25, 0.3) is 0 Å². The lowest BCUT2D eigenvalue weighted by molar-refractivity contribution is 0.404. The number of aryl methyl sites for hydroxylation is 1. The van der Waals surface area contributed by atoms with Gasteiger partial charge in [0.1, 0.15) is 0 Å². The van der Waals surface area contributed by atoms with Gasteiger partial charge in [-0.25, -0.2) is 0 Å². The van der Waals surface area contributed by atoms with E-state index in [0.717, 1.165) is 5.92 Å². The summed E-state index contributed by atoms with van der Waals surface area (Å²) in [5.74, 6) is 0.868. The normalized spacial score (nSPS) is 11.4. The Kier molecular flexibility index (Phi) is 9.44. The van der Waals surface area contributed by atoms with Crippen molar-refractivity contribution in [1.29, 1.82) is 0 Å². The van der Waals surface area contributed by atoms with Crippen LogP contribution in [0.5, 0.6) is 0 Å². The molecule has 0 spiro atoms. The van der Waals surface area contributed by atoms with Gasteiger partial charge in [-0.1, -0.05) is 78.1 Å². The highest BCUT2D eigenvalue weighted by Crippen LogP contribution is 2.22. The Hall–Kier alpha value is -0.790. The Bertz CT molecular complexity index is 318. The Morgan fingerprint density at radius 3 is 2.00 bits per heavy atom. The van der Waals surface area contributed by atoms with Gasteiger partial charge in [-0.05, 0) is 17.9 Å². The van der Waals surface area contributed by atoms with Crippen LogP contribution in [0.3, 0.4) is 0 Å². The molecule has 0 saturated carbocycles. The summed E-state index contributed by atoms with van der Waals surface area (Å²) in [7, 11) is 2.01. The first-order valence-electron chi connectivity index (χ1n) is 8.73. The summed E-state index contributed by atoms with van der Waals surface area (Å²) < 4.78 is 1.93. The molecule has 0 amide bonds. The maximum atomic E-state index is 4.31. The van der Waals surface area contributed by atoms with E-state index in [2.05, 4.69) is 25.1 Å². The van der Waals surface area contributed by atoms with Crippen molar-refractivity contribution < 1.29 is 0 Å². The fourth-order valence-corrected chi connectivity index (χ4v) is 2.98. The standard InChI is InChI=1S/C18H34N2/c1-4-6-8-10-12-17(13-11-9-7-5-2)14-18-15-19-20(3)16-18/h15-17H,4-14H2,1-3H3. The molecule has 1 heterocycles. The highest BCUT2D eigenvalue weighted by atomic mass is 15.2. The summed E-state index contributed by atoms with van der Waals surface area (Å²) in [4.78, 5) is 0.